The Morgan fingerprint density at radius 3 is 2.95 bits per heavy atom. The highest BCUT2D eigenvalue weighted by molar-refractivity contribution is 5.89. The van der Waals surface area contributed by atoms with E-state index in [-0.39, 0.29) is 11.7 Å². The summed E-state index contributed by atoms with van der Waals surface area (Å²) < 4.78 is 0. The quantitative estimate of drug-likeness (QED) is 0.580. The van der Waals surface area contributed by atoms with Crippen molar-refractivity contribution in [3.63, 3.8) is 0 Å². The number of rotatable bonds is 5. The topological polar surface area (TPSA) is 113 Å². The third kappa shape index (κ3) is 3.78. The maximum atomic E-state index is 11.9. The fourth-order valence-electron chi connectivity index (χ4n) is 1.85. The highest BCUT2D eigenvalue weighted by atomic mass is 16.6. The number of imidazole rings is 1. The molecule has 3 N–H and O–H groups in total. The Morgan fingerprint density at radius 2 is 2.33 bits per heavy atom. The Labute approximate surface area is 120 Å². The number of anilines is 1. The summed E-state index contributed by atoms with van der Waals surface area (Å²) in [5.74, 6) is 0.659. The summed E-state index contributed by atoms with van der Waals surface area (Å²) in [7, 11) is 0. The van der Waals surface area contributed by atoms with Crippen LogP contribution in [0.15, 0.2) is 36.7 Å². The van der Waals surface area contributed by atoms with Gasteiger partial charge in [0.2, 0.25) is 0 Å². The van der Waals surface area contributed by atoms with Crippen LogP contribution in [0.5, 0.6) is 0 Å². The van der Waals surface area contributed by atoms with Crippen LogP contribution in [-0.2, 0) is 0 Å². The molecule has 1 unspecified atom stereocenters. The minimum Gasteiger partial charge on any atom is -0.347 e. The standard InChI is InChI=1S/C13H15N5O3/c1-2-11(12-14-6-7-15-12)17-13(19)16-9-4-3-5-10(8-9)18(20)21/h3-8,11H,2H2,1H3,(H,14,15)(H2,16,17,19). The van der Waals surface area contributed by atoms with Gasteiger partial charge < -0.3 is 15.6 Å². The second-order valence-corrected chi connectivity index (χ2v) is 4.34. The van der Waals surface area contributed by atoms with E-state index in [4.69, 9.17) is 0 Å². The van der Waals surface area contributed by atoms with Gasteiger partial charge in [-0.25, -0.2) is 9.78 Å². The van der Waals surface area contributed by atoms with Crippen LogP contribution in [0.3, 0.4) is 0 Å². The van der Waals surface area contributed by atoms with Gasteiger partial charge in [-0.2, -0.15) is 0 Å². The van der Waals surface area contributed by atoms with Gasteiger partial charge in [0.25, 0.3) is 5.69 Å². The van der Waals surface area contributed by atoms with E-state index in [9.17, 15) is 14.9 Å². The highest BCUT2D eigenvalue weighted by Crippen LogP contribution is 2.17. The van der Waals surface area contributed by atoms with Crippen LogP contribution in [-0.4, -0.2) is 20.9 Å². The molecule has 0 fully saturated rings. The summed E-state index contributed by atoms with van der Waals surface area (Å²) in [5.41, 5.74) is 0.280. The van der Waals surface area contributed by atoms with Gasteiger partial charge in [0.05, 0.1) is 11.0 Å². The smallest absolute Gasteiger partial charge is 0.319 e. The Morgan fingerprint density at radius 1 is 1.52 bits per heavy atom. The fraction of sp³-hybridized carbons (Fsp3) is 0.231. The third-order valence-electron chi connectivity index (χ3n) is 2.88. The molecule has 0 aliphatic carbocycles. The zero-order chi connectivity index (χ0) is 15.2. The number of nitro groups is 1. The van der Waals surface area contributed by atoms with Crippen molar-refractivity contribution in [3.05, 3.63) is 52.6 Å². The van der Waals surface area contributed by atoms with Gasteiger partial charge in [-0.3, -0.25) is 10.1 Å². The fourth-order valence-corrected chi connectivity index (χ4v) is 1.85. The van der Waals surface area contributed by atoms with E-state index in [0.717, 1.165) is 0 Å². The van der Waals surface area contributed by atoms with Gasteiger partial charge in [0, 0.05) is 30.2 Å². The number of nitrogens with zero attached hydrogens (tertiary/aromatic N) is 2. The normalized spacial score (nSPS) is 11.7. The van der Waals surface area contributed by atoms with Crippen LogP contribution in [0.1, 0.15) is 25.2 Å². The first-order valence-corrected chi connectivity index (χ1v) is 6.41. The molecule has 2 rings (SSSR count). The maximum Gasteiger partial charge on any atom is 0.319 e. The Kier molecular flexibility index (Phi) is 4.50. The number of aromatic nitrogens is 2. The molecule has 8 nitrogen and oxygen atoms in total. The molecule has 1 aromatic heterocycles. The lowest BCUT2D eigenvalue weighted by atomic mass is 10.2. The van der Waals surface area contributed by atoms with Crippen molar-refractivity contribution in [2.75, 3.05) is 5.32 Å². The SMILES string of the molecule is CCC(NC(=O)Nc1cccc([N+](=O)[O-])c1)c1ncc[nH]1. The Bertz CT molecular complexity index is 626. The van der Waals surface area contributed by atoms with E-state index in [0.29, 0.717) is 17.9 Å². The number of hydrogen-bond donors (Lipinski definition) is 3. The van der Waals surface area contributed by atoms with Gasteiger partial charge in [-0.1, -0.05) is 13.0 Å². The third-order valence-corrected chi connectivity index (χ3v) is 2.88. The number of carbonyl (C=O) groups is 1. The predicted octanol–water partition coefficient (Wildman–Crippen LogP) is 2.59. The molecule has 2 amide bonds. The summed E-state index contributed by atoms with van der Waals surface area (Å²) in [4.78, 5) is 29.1. The number of non-ortho nitro benzene ring substituents is 1. The number of nitrogens with one attached hydrogen (secondary N) is 3. The van der Waals surface area contributed by atoms with Crippen LogP contribution in [0.25, 0.3) is 0 Å². The summed E-state index contributed by atoms with van der Waals surface area (Å²) in [6.45, 7) is 1.92. The average molecular weight is 289 g/mol. The number of H-pyrrole nitrogens is 1. The molecule has 1 heterocycles. The van der Waals surface area contributed by atoms with Gasteiger partial charge in [-0.15, -0.1) is 0 Å². The molecule has 0 saturated carbocycles. The first-order valence-electron chi connectivity index (χ1n) is 6.41. The molecule has 8 heteroatoms. The zero-order valence-electron chi connectivity index (χ0n) is 11.4. The predicted molar refractivity (Wildman–Crippen MR) is 76.9 cm³/mol. The molecule has 1 aromatic carbocycles. The number of carbonyl (C=O) groups excluding carboxylic acids is 1. The van der Waals surface area contributed by atoms with Crippen molar-refractivity contribution in [2.24, 2.45) is 0 Å². The number of aromatic amines is 1. The lowest BCUT2D eigenvalue weighted by molar-refractivity contribution is -0.384. The van der Waals surface area contributed by atoms with Gasteiger partial charge in [-0.05, 0) is 12.5 Å². The molecule has 0 aliphatic rings. The largest absolute Gasteiger partial charge is 0.347 e. The van der Waals surface area contributed by atoms with Crippen molar-refractivity contribution in [3.8, 4) is 0 Å². The first-order chi connectivity index (χ1) is 10.1. The van der Waals surface area contributed by atoms with Crippen LogP contribution < -0.4 is 10.6 Å². The van der Waals surface area contributed by atoms with Crippen molar-refractivity contribution in [1.29, 1.82) is 0 Å². The minimum atomic E-state index is -0.513. The monoisotopic (exact) mass is 289 g/mol. The van der Waals surface area contributed by atoms with Crippen molar-refractivity contribution in [2.45, 2.75) is 19.4 Å². The van der Waals surface area contributed by atoms with E-state index in [1.807, 2.05) is 6.92 Å². The lowest BCUT2D eigenvalue weighted by Crippen LogP contribution is -2.32. The molecule has 2 aromatic rings. The first kappa shape index (κ1) is 14.5. The minimum absolute atomic E-state index is 0.0779. The van der Waals surface area contributed by atoms with Gasteiger partial charge in [0.1, 0.15) is 5.82 Å². The Hall–Kier alpha value is -2.90. The van der Waals surface area contributed by atoms with Gasteiger partial charge >= 0.3 is 6.03 Å². The molecule has 0 bridgehead atoms. The summed E-state index contributed by atoms with van der Waals surface area (Å²) in [5, 5.41) is 16.0. The molecule has 0 aliphatic heterocycles. The number of nitro benzene ring substituents is 1. The second-order valence-electron chi connectivity index (χ2n) is 4.34. The Balaban J connectivity index is 2.01. The van der Waals surface area contributed by atoms with E-state index in [1.165, 1.54) is 18.2 Å². The molecule has 1 atom stereocenters. The number of urea groups is 1. The number of benzene rings is 1. The summed E-state index contributed by atoms with van der Waals surface area (Å²) in [6, 6.07) is 5.06. The van der Waals surface area contributed by atoms with E-state index < -0.39 is 11.0 Å². The zero-order valence-corrected chi connectivity index (χ0v) is 11.4. The van der Waals surface area contributed by atoms with Crippen molar-refractivity contribution >= 4 is 17.4 Å². The number of hydrogen-bond acceptors (Lipinski definition) is 4. The summed E-state index contributed by atoms with van der Waals surface area (Å²) >= 11 is 0. The second kappa shape index (κ2) is 6.51. The average Bonchev–Trinajstić information content (AvgIpc) is 2.99. The van der Waals surface area contributed by atoms with Crippen LogP contribution in [0.2, 0.25) is 0 Å². The molecular formula is C13H15N5O3. The molecule has 0 radical (unpaired) electrons. The molecule has 21 heavy (non-hydrogen) atoms. The van der Waals surface area contributed by atoms with Crippen molar-refractivity contribution < 1.29 is 9.72 Å². The number of amides is 2. The van der Waals surface area contributed by atoms with Crippen LogP contribution in [0, 0.1) is 10.1 Å². The maximum absolute atomic E-state index is 11.9. The molecular weight excluding hydrogens is 274 g/mol. The summed E-state index contributed by atoms with van der Waals surface area (Å²) in [6.07, 6.45) is 3.95. The molecule has 0 saturated heterocycles. The van der Waals surface area contributed by atoms with Crippen molar-refractivity contribution in [1.82, 2.24) is 15.3 Å². The van der Waals surface area contributed by atoms with Crippen LogP contribution in [0.4, 0.5) is 16.2 Å². The molecule has 110 valence electrons. The van der Waals surface area contributed by atoms with E-state index in [1.54, 1.807) is 18.5 Å². The van der Waals surface area contributed by atoms with E-state index >= 15 is 0 Å². The van der Waals surface area contributed by atoms with E-state index in [2.05, 4.69) is 20.6 Å². The highest BCUT2D eigenvalue weighted by Gasteiger charge is 2.15. The molecule has 0 spiro atoms. The van der Waals surface area contributed by atoms with Crippen LogP contribution >= 0.6 is 0 Å². The van der Waals surface area contributed by atoms with Gasteiger partial charge in [0.15, 0.2) is 0 Å². The lowest BCUT2D eigenvalue weighted by Gasteiger charge is -2.15.